The molecule has 5 nitrogen and oxygen atoms in total. The molecule has 2 heterocycles. The lowest BCUT2D eigenvalue weighted by atomic mass is 9.93. The molecule has 122 valence electrons. The van der Waals surface area contributed by atoms with Gasteiger partial charge in [0.05, 0.1) is 17.6 Å². The van der Waals surface area contributed by atoms with Crippen molar-refractivity contribution in [1.82, 2.24) is 14.3 Å². The molecule has 0 spiro atoms. The highest BCUT2D eigenvalue weighted by Crippen LogP contribution is 2.26. The van der Waals surface area contributed by atoms with Crippen LogP contribution in [0.25, 0.3) is 11.3 Å². The zero-order chi connectivity index (χ0) is 16.3. The second-order valence-corrected chi connectivity index (χ2v) is 8.03. The molecule has 0 radical (unpaired) electrons. The third-order valence-electron chi connectivity index (χ3n) is 4.25. The standard InChI is InChI=1S/C17H21N3O2S/c1-23(21,22)20-11-5-6-14(13-20)12-16-17(19-10-9-18-16)15-7-3-2-4-8-15/h2-4,7-10,14H,5-6,11-13H2,1H3/t14-/m1/s1. The summed E-state index contributed by atoms with van der Waals surface area (Å²) in [6.07, 6.45) is 7.38. The molecule has 1 aromatic heterocycles. The van der Waals surface area contributed by atoms with Gasteiger partial charge in [0.25, 0.3) is 0 Å². The molecule has 1 aromatic carbocycles. The van der Waals surface area contributed by atoms with Crippen LogP contribution >= 0.6 is 0 Å². The van der Waals surface area contributed by atoms with E-state index in [0.717, 1.165) is 36.2 Å². The molecule has 0 aliphatic carbocycles. The van der Waals surface area contributed by atoms with Gasteiger partial charge in [-0.25, -0.2) is 12.7 Å². The van der Waals surface area contributed by atoms with Gasteiger partial charge in [-0.05, 0) is 25.2 Å². The zero-order valence-corrected chi connectivity index (χ0v) is 14.0. The average molecular weight is 331 g/mol. The fourth-order valence-electron chi connectivity index (χ4n) is 3.12. The minimum absolute atomic E-state index is 0.289. The fourth-order valence-corrected chi connectivity index (χ4v) is 4.06. The summed E-state index contributed by atoms with van der Waals surface area (Å²) < 4.78 is 25.1. The van der Waals surface area contributed by atoms with Gasteiger partial charge >= 0.3 is 0 Å². The van der Waals surface area contributed by atoms with Gasteiger partial charge in [0.15, 0.2) is 0 Å². The number of sulfonamides is 1. The summed E-state index contributed by atoms with van der Waals surface area (Å²) in [6.45, 7) is 1.20. The van der Waals surface area contributed by atoms with Crippen molar-refractivity contribution in [3.8, 4) is 11.3 Å². The lowest BCUT2D eigenvalue weighted by Gasteiger charge is -2.31. The molecule has 2 aromatic rings. The van der Waals surface area contributed by atoms with E-state index in [0.29, 0.717) is 13.1 Å². The Kier molecular flexibility index (Phi) is 4.73. The molecule has 1 aliphatic heterocycles. The van der Waals surface area contributed by atoms with Crippen LogP contribution in [0.3, 0.4) is 0 Å². The number of piperidine rings is 1. The topological polar surface area (TPSA) is 63.2 Å². The van der Waals surface area contributed by atoms with Crippen molar-refractivity contribution in [3.05, 3.63) is 48.4 Å². The van der Waals surface area contributed by atoms with E-state index in [1.165, 1.54) is 6.26 Å². The quantitative estimate of drug-likeness (QED) is 0.863. The first-order valence-corrected chi connectivity index (χ1v) is 9.69. The first-order chi connectivity index (χ1) is 11.0. The Morgan fingerprint density at radius 1 is 1.17 bits per heavy atom. The molecule has 6 heteroatoms. The minimum atomic E-state index is -3.12. The summed E-state index contributed by atoms with van der Waals surface area (Å²) in [5.41, 5.74) is 2.88. The number of nitrogens with zero attached hydrogens (tertiary/aromatic N) is 3. The summed E-state index contributed by atoms with van der Waals surface area (Å²) in [5, 5.41) is 0. The van der Waals surface area contributed by atoms with Crippen LogP contribution in [0.15, 0.2) is 42.7 Å². The monoisotopic (exact) mass is 331 g/mol. The van der Waals surface area contributed by atoms with E-state index in [1.54, 1.807) is 16.7 Å². The van der Waals surface area contributed by atoms with Crippen LogP contribution in [0.4, 0.5) is 0 Å². The van der Waals surface area contributed by atoms with Gasteiger partial charge in [0, 0.05) is 31.0 Å². The first kappa shape index (κ1) is 16.1. The first-order valence-electron chi connectivity index (χ1n) is 7.84. The van der Waals surface area contributed by atoms with Gasteiger partial charge in [-0.3, -0.25) is 9.97 Å². The highest BCUT2D eigenvalue weighted by molar-refractivity contribution is 7.88. The van der Waals surface area contributed by atoms with Gasteiger partial charge in [0.1, 0.15) is 0 Å². The maximum Gasteiger partial charge on any atom is 0.211 e. The molecule has 3 rings (SSSR count). The summed E-state index contributed by atoms with van der Waals surface area (Å²) in [6, 6.07) is 10.00. The Bertz CT molecular complexity index is 762. The number of rotatable bonds is 4. The van der Waals surface area contributed by atoms with E-state index in [4.69, 9.17) is 0 Å². The van der Waals surface area contributed by atoms with Crippen LogP contribution in [0.2, 0.25) is 0 Å². The molecule has 23 heavy (non-hydrogen) atoms. The van der Waals surface area contributed by atoms with Crippen molar-refractivity contribution in [3.63, 3.8) is 0 Å². The maximum atomic E-state index is 11.8. The normalized spacial score (nSPS) is 19.6. The number of hydrogen-bond acceptors (Lipinski definition) is 4. The smallest absolute Gasteiger partial charge is 0.211 e. The van der Waals surface area contributed by atoms with Gasteiger partial charge in [-0.1, -0.05) is 30.3 Å². The van der Waals surface area contributed by atoms with E-state index >= 15 is 0 Å². The van der Waals surface area contributed by atoms with Gasteiger partial charge in [0.2, 0.25) is 10.0 Å². The molecule has 1 saturated heterocycles. The summed E-state index contributed by atoms with van der Waals surface area (Å²) in [7, 11) is -3.12. The highest BCUT2D eigenvalue weighted by Gasteiger charge is 2.27. The van der Waals surface area contributed by atoms with Gasteiger partial charge in [-0.15, -0.1) is 0 Å². The Morgan fingerprint density at radius 2 is 1.91 bits per heavy atom. The third kappa shape index (κ3) is 3.95. The lowest BCUT2D eigenvalue weighted by Crippen LogP contribution is -2.39. The number of aromatic nitrogens is 2. The third-order valence-corrected chi connectivity index (χ3v) is 5.52. The van der Waals surface area contributed by atoms with E-state index in [-0.39, 0.29) is 5.92 Å². The summed E-state index contributed by atoms with van der Waals surface area (Å²) in [5.74, 6) is 0.289. The summed E-state index contributed by atoms with van der Waals surface area (Å²) in [4.78, 5) is 8.99. The van der Waals surface area contributed by atoms with E-state index in [9.17, 15) is 8.42 Å². The molecule has 0 saturated carbocycles. The van der Waals surface area contributed by atoms with Crippen molar-refractivity contribution in [2.45, 2.75) is 19.3 Å². The van der Waals surface area contributed by atoms with Crippen molar-refractivity contribution in [2.75, 3.05) is 19.3 Å². The molecule has 0 unspecified atom stereocenters. The molecular weight excluding hydrogens is 310 g/mol. The second-order valence-electron chi connectivity index (χ2n) is 6.05. The number of benzene rings is 1. The van der Waals surface area contributed by atoms with E-state index in [2.05, 4.69) is 9.97 Å². The Morgan fingerprint density at radius 3 is 2.65 bits per heavy atom. The van der Waals surface area contributed by atoms with Crippen molar-refractivity contribution in [2.24, 2.45) is 5.92 Å². The lowest BCUT2D eigenvalue weighted by molar-refractivity contribution is 0.265. The van der Waals surface area contributed by atoms with Crippen molar-refractivity contribution in [1.29, 1.82) is 0 Å². The molecule has 0 N–H and O–H groups in total. The Labute approximate surface area is 137 Å². The highest BCUT2D eigenvalue weighted by atomic mass is 32.2. The maximum absolute atomic E-state index is 11.8. The van der Waals surface area contributed by atoms with Crippen LogP contribution in [-0.4, -0.2) is 42.0 Å². The second kappa shape index (κ2) is 6.76. The molecule has 0 amide bonds. The van der Waals surface area contributed by atoms with Crippen LogP contribution in [0.1, 0.15) is 18.5 Å². The fraction of sp³-hybridized carbons (Fsp3) is 0.412. The molecule has 1 aliphatic rings. The Hall–Kier alpha value is -1.79. The predicted molar refractivity (Wildman–Crippen MR) is 90.3 cm³/mol. The SMILES string of the molecule is CS(=O)(=O)N1CCC[C@H](Cc2nccnc2-c2ccccc2)C1. The van der Waals surface area contributed by atoms with Crippen LogP contribution in [-0.2, 0) is 16.4 Å². The molecule has 1 fully saturated rings. The summed E-state index contributed by atoms with van der Waals surface area (Å²) >= 11 is 0. The van der Waals surface area contributed by atoms with Gasteiger partial charge < -0.3 is 0 Å². The zero-order valence-electron chi connectivity index (χ0n) is 13.2. The van der Waals surface area contributed by atoms with Crippen molar-refractivity contribution < 1.29 is 8.42 Å². The average Bonchev–Trinajstić information content (AvgIpc) is 2.56. The van der Waals surface area contributed by atoms with Crippen LogP contribution in [0, 0.1) is 5.92 Å². The predicted octanol–water partition coefficient (Wildman–Crippen LogP) is 2.36. The molecule has 1 atom stereocenters. The molecule has 0 bridgehead atoms. The van der Waals surface area contributed by atoms with Crippen molar-refractivity contribution >= 4 is 10.0 Å². The minimum Gasteiger partial charge on any atom is -0.257 e. The largest absolute Gasteiger partial charge is 0.257 e. The van der Waals surface area contributed by atoms with Crippen LogP contribution in [0.5, 0.6) is 0 Å². The van der Waals surface area contributed by atoms with E-state index < -0.39 is 10.0 Å². The van der Waals surface area contributed by atoms with Gasteiger partial charge in [-0.2, -0.15) is 0 Å². The van der Waals surface area contributed by atoms with E-state index in [1.807, 2.05) is 30.3 Å². The number of hydrogen-bond donors (Lipinski definition) is 0. The van der Waals surface area contributed by atoms with Crippen LogP contribution < -0.4 is 0 Å². The molecular formula is C17H21N3O2S. The Balaban J connectivity index is 1.81.